The maximum atomic E-state index is 5.74. The number of para-hydroxylation sites is 1. The zero-order valence-electron chi connectivity index (χ0n) is 11.6. The molecule has 20 heavy (non-hydrogen) atoms. The minimum absolute atomic E-state index is 0.270. The van der Waals surface area contributed by atoms with Gasteiger partial charge in [0.15, 0.2) is 0 Å². The van der Waals surface area contributed by atoms with Gasteiger partial charge in [-0.05, 0) is 48.0 Å². The van der Waals surface area contributed by atoms with Crippen molar-refractivity contribution in [3.05, 3.63) is 52.1 Å². The van der Waals surface area contributed by atoms with E-state index in [1.165, 1.54) is 5.56 Å². The fourth-order valence-corrected chi connectivity index (χ4v) is 2.78. The van der Waals surface area contributed by atoms with Crippen LogP contribution in [0.25, 0.3) is 0 Å². The SMILES string of the molecule is Cc1nc(NC(C)C2COc3ccccc32)ccc1Br. The fourth-order valence-electron chi connectivity index (χ4n) is 2.56. The fraction of sp³-hybridized carbons (Fsp3) is 0.312. The molecule has 0 amide bonds. The zero-order chi connectivity index (χ0) is 14.1. The molecule has 0 bridgehead atoms. The molecular weight excluding hydrogens is 316 g/mol. The highest BCUT2D eigenvalue weighted by Gasteiger charge is 2.28. The molecule has 2 atom stereocenters. The van der Waals surface area contributed by atoms with Crippen molar-refractivity contribution in [2.45, 2.75) is 25.8 Å². The van der Waals surface area contributed by atoms with Gasteiger partial charge >= 0.3 is 0 Å². The van der Waals surface area contributed by atoms with Gasteiger partial charge in [0.05, 0.1) is 12.3 Å². The first-order chi connectivity index (χ1) is 9.65. The Balaban J connectivity index is 1.77. The smallest absolute Gasteiger partial charge is 0.126 e. The average Bonchev–Trinajstić information content (AvgIpc) is 2.87. The Kier molecular flexibility index (Phi) is 3.66. The molecule has 0 fully saturated rings. The third-order valence-corrected chi connectivity index (χ3v) is 4.58. The number of hydrogen-bond donors (Lipinski definition) is 1. The molecule has 1 aliphatic rings. The van der Waals surface area contributed by atoms with E-state index in [0.717, 1.165) is 28.3 Å². The number of halogens is 1. The summed E-state index contributed by atoms with van der Waals surface area (Å²) in [6, 6.07) is 12.5. The Morgan fingerprint density at radius 1 is 1.30 bits per heavy atom. The predicted octanol–water partition coefficient (Wildman–Crippen LogP) is 4.13. The van der Waals surface area contributed by atoms with Gasteiger partial charge in [0.1, 0.15) is 11.6 Å². The van der Waals surface area contributed by atoms with Crippen LogP contribution in [-0.4, -0.2) is 17.6 Å². The van der Waals surface area contributed by atoms with Gasteiger partial charge in [-0.25, -0.2) is 4.98 Å². The summed E-state index contributed by atoms with van der Waals surface area (Å²) in [6.45, 7) is 4.89. The minimum atomic E-state index is 0.270. The Morgan fingerprint density at radius 3 is 2.90 bits per heavy atom. The molecule has 0 saturated carbocycles. The van der Waals surface area contributed by atoms with Crippen LogP contribution >= 0.6 is 15.9 Å². The maximum absolute atomic E-state index is 5.74. The summed E-state index contributed by atoms with van der Waals surface area (Å²) in [5, 5.41) is 3.48. The molecule has 0 spiro atoms. The molecule has 1 aromatic heterocycles. The largest absolute Gasteiger partial charge is 0.493 e. The number of pyridine rings is 1. The van der Waals surface area contributed by atoms with Crippen molar-refractivity contribution >= 4 is 21.7 Å². The number of hydrogen-bond acceptors (Lipinski definition) is 3. The first-order valence-electron chi connectivity index (χ1n) is 6.76. The first-order valence-corrected chi connectivity index (χ1v) is 7.56. The van der Waals surface area contributed by atoms with E-state index in [2.05, 4.69) is 45.3 Å². The van der Waals surface area contributed by atoms with Crippen LogP contribution in [0, 0.1) is 6.92 Å². The van der Waals surface area contributed by atoms with Crippen molar-refractivity contribution in [1.82, 2.24) is 4.98 Å². The van der Waals surface area contributed by atoms with E-state index >= 15 is 0 Å². The van der Waals surface area contributed by atoms with Crippen LogP contribution in [0.1, 0.15) is 24.1 Å². The molecule has 2 unspecified atom stereocenters. The van der Waals surface area contributed by atoms with Crippen LogP contribution in [0.4, 0.5) is 5.82 Å². The maximum Gasteiger partial charge on any atom is 0.126 e. The lowest BCUT2D eigenvalue weighted by atomic mass is 9.94. The molecule has 2 heterocycles. The number of nitrogens with one attached hydrogen (secondary N) is 1. The van der Waals surface area contributed by atoms with Crippen molar-refractivity contribution in [3.8, 4) is 5.75 Å². The Labute approximate surface area is 127 Å². The third kappa shape index (κ3) is 2.52. The zero-order valence-corrected chi connectivity index (χ0v) is 13.1. The second-order valence-corrected chi connectivity index (χ2v) is 6.01. The standard InChI is InChI=1S/C16H17BrN2O/c1-10(18-16-8-7-14(17)11(2)19-16)13-9-20-15-6-4-3-5-12(13)15/h3-8,10,13H,9H2,1-2H3,(H,18,19). The summed E-state index contributed by atoms with van der Waals surface area (Å²) in [5.41, 5.74) is 2.27. The summed E-state index contributed by atoms with van der Waals surface area (Å²) in [5.74, 6) is 2.27. The number of benzene rings is 1. The number of rotatable bonds is 3. The highest BCUT2D eigenvalue weighted by atomic mass is 79.9. The van der Waals surface area contributed by atoms with Crippen molar-refractivity contribution in [1.29, 1.82) is 0 Å². The van der Waals surface area contributed by atoms with Crippen LogP contribution < -0.4 is 10.1 Å². The quantitative estimate of drug-likeness (QED) is 0.917. The number of fused-ring (bicyclic) bond motifs is 1. The number of aromatic nitrogens is 1. The van der Waals surface area contributed by atoms with Gasteiger partial charge in [0, 0.05) is 22.0 Å². The number of nitrogens with zero attached hydrogens (tertiary/aromatic N) is 1. The van der Waals surface area contributed by atoms with Crippen molar-refractivity contribution in [3.63, 3.8) is 0 Å². The lowest BCUT2D eigenvalue weighted by molar-refractivity contribution is 0.322. The summed E-state index contributed by atoms with van der Waals surface area (Å²) in [4.78, 5) is 4.54. The molecule has 4 heteroatoms. The summed E-state index contributed by atoms with van der Waals surface area (Å²) in [6.07, 6.45) is 0. The molecule has 0 saturated heterocycles. The summed E-state index contributed by atoms with van der Waals surface area (Å²) in [7, 11) is 0. The van der Waals surface area contributed by atoms with Gasteiger partial charge in [-0.3, -0.25) is 0 Å². The van der Waals surface area contributed by atoms with Gasteiger partial charge in [0.25, 0.3) is 0 Å². The van der Waals surface area contributed by atoms with Crippen molar-refractivity contribution in [2.75, 3.05) is 11.9 Å². The number of ether oxygens (including phenoxy) is 1. The predicted molar refractivity (Wildman–Crippen MR) is 84.4 cm³/mol. The lowest BCUT2D eigenvalue weighted by Crippen LogP contribution is -2.25. The van der Waals surface area contributed by atoms with Gasteiger partial charge in [-0.15, -0.1) is 0 Å². The van der Waals surface area contributed by atoms with E-state index in [-0.39, 0.29) is 6.04 Å². The van der Waals surface area contributed by atoms with Crippen LogP contribution in [0.3, 0.4) is 0 Å². The second-order valence-electron chi connectivity index (χ2n) is 5.15. The highest BCUT2D eigenvalue weighted by molar-refractivity contribution is 9.10. The van der Waals surface area contributed by atoms with E-state index < -0.39 is 0 Å². The molecule has 0 aliphatic carbocycles. The van der Waals surface area contributed by atoms with Crippen LogP contribution in [0.15, 0.2) is 40.9 Å². The van der Waals surface area contributed by atoms with E-state index in [9.17, 15) is 0 Å². The second kappa shape index (κ2) is 5.44. The molecular formula is C16H17BrN2O. The van der Waals surface area contributed by atoms with Crippen LogP contribution in [-0.2, 0) is 0 Å². The molecule has 1 aliphatic heterocycles. The van der Waals surface area contributed by atoms with E-state index in [4.69, 9.17) is 4.74 Å². The van der Waals surface area contributed by atoms with E-state index in [1.807, 2.05) is 31.2 Å². The lowest BCUT2D eigenvalue weighted by Gasteiger charge is -2.20. The van der Waals surface area contributed by atoms with E-state index in [0.29, 0.717) is 5.92 Å². The van der Waals surface area contributed by atoms with Crippen LogP contribution in [0.2, 0.25) is 0 Å². The number of aryl methyl sites for hydroxylation is 1. The van der Waals surface area contributed by atoms with Gasteiger partial charge in [0.2, 0.25) is 0 Å². The molecule has 2 aromatic rings. The van der Waals surface area contributed by atoms with Crippen molar-refractivity contribution in [2.24, 2.45) is 0 Å². The molecule has 104 valence electrons. The number of anilines is 1. The highest BCUT2D eigenvalue weighted by Crippen LogP contribution is 2.36. The topological polar surface area (TPSA) is 34.2 Å². The molecule has 3 rings (SSSR count). The normalized spacial score (nSPS) is 18.2. The van der Waals surface area contributed by atoms with Crippen molar-refractivity contribution < 1.29 is 4.74 Å². The van der Waals surface area contributed by atoms with Crippen LogP contribution in [0.5, 0.6) is 5.75 Å². The summed E-state index contributed by atoms with van der Waals surface area (Å²) < 4.78 is 6.78. The molecule has 3 nitrogen and oxygen atoms in total. The minimum Gasteiger partial charge on any atom is -0.493 e. The Bertz CT molecular complexity index is 630. The summed E-state index contributed by atoms with van der Waals surface area (Å²) >= 11 is 3.47. The van der Waals surface area contributed by atoms with E-state index in [1.54, 1.807) is 0 Å². The molecule has 0 radical (unpaired) electrons. The van der Waals surface area contributed by atoms with Gasteiger partial charge < -0.3 is 10.1 Å². The molecule has 1 N–H and O–H groups in total. The Morgan fingerprint density at radius 2 is 2.10 bits per heavy atom. The van der Waals surface area contributed by atoms with Gasteiger partial charge in [-0.1, -0.05) is 18.2 Å². The molecule has 1 aromatic carbocycles. The monoisotopic (exact) mass is 332 g/mol. The average molecular weight is 333 g/mol. The third-order valence-electron chi connectivity index (χ3n) is 3.74. The van der Waals surface area contributed by atoms with Gasteiger partial charge in [-0.2, -0.15) is 0 Å². The first kappa shape index (κ1) is 13.4. The Hall–Kier alpha value is -1.55.